The minimum absolute atomic E-state index is 0.238. The number of imidazole rings is 2. The van der Waals surface area contributed by atoms with E-state index in [0.717, 1.165) is 46.0 Å². The standard InChI is InChI=1S/C41H44N6O4/c1-41(2,29-9-17-33(18-10-29)50-35-21-13-31(14-22-35)42-37(48-7)39-44(3)25-26-45(39)4)30-11-19-34(20-12-30)51-36-23-15-32(16-24-36)43-38(49-8)40-46(5)27-28-47(40)6/h9-28H,1-8H3/q+2. The largest absolute Gasteiger partial charge is 0.475 e. The lowest BCUT2D eigenvalue weighted by Gasteiger charge is -2.26. The molecule has 6 aromatic rings. The Labute approximate surface area is 299 Å². The number of hydrogen-bond acceptors (Lipinski definition) is 6. The summed E-state index contributed by atoms with van der Waals surface area (Å²) >= 11 is 0. The Bertz CT molecular complexity index is 1970. The number of methoxy groups -OCH3 is 2. The molecule has 0 N–H and O–H groups in total. The summed E-state index contributed by atoms with van der Waals surface area (Å²) in [4.78, 5) is 9.38. The second-order valence-electron chi connectivity index (χ2n) is 12.8. The second-order valence-corrected chi connectivity index (χ2v) is 12.8. The van der Waals surface area contributed by atoms with Gasteiger partial charge in [0.2, 0.25) is 0 Å². The number of aryl methyl sites for hydroxylation is 4. The second kappa shape index (κ2) is 14.8. The molecule has 0 radical (unpaired) electrons. The molecule has 6 rings (SSSR count). The van der Waals surface area contributed by atoms with Crippen molar-refractivity contribution in [1.29, 1.82) is 0 Å². The fourth-order valence-corrected chi connectivity index (χ4v) is 5.89. The zero-order valence-electron chi connectivity index (χ0n) is 30.4. The van der Waals surface area contributed by atoms with E-state index >= 15 is 0 Å². The molecule has 0 aliphatic heterocycles. The molecule has 0 aliphatic rings. The average molecular weight is 685 g/mol. The third kappa shape index (κ3) is 7.70. The molecule has 2 heterocycles. The number of nitrogens with zero attached hydrogens (tertiary/aromatic N) is 6. The highest BCUT2D eigenvalue weighted by molar-refractivity contribution is 5.91. The van der Waals surface area contributed by atoms with E-state index in [1.807, 2.05) is 144 Å². The summed E-state index contributed by atoms with van der Waals surface area (Å²) in [6.45, 7) is 4.43. The van der Waals surface area contributed by atoms with Crippen molar-refractivity contribution in [3.63, 3.8) is 0 Å². The summed E-state index contributed by atoms with van der Waals surface area (Å²) in [6, 6.07) is 31.7. The van der Waals surface area contributed by atoms with Crippen molar-refractivity contribution >= 4 is 23.2 Å². The number of benzene rings is 4. The minimum Gasteiger partial charge on any atom is -0.475 e. The summed E-state index contributed by atoms with van der Waals surface area (Å²) in [5.41, 5.74) is 3.64. The molecule has 10 heteroatoms. The lowest BCUT2D eigenvalue weighted by atomic mass is 9.78. The van der Waals surface area contributed by atoms with Crippen molar-refractivity contribution in [3.05, 3.63) is 145 Å². The van der Waals surface area contributed by atoms with E-state index in [2.05, 4.69) is 48.1 Å². The molecule has 0 unspecified atom stereocenters. The Hall–Kier alpha value is -6.16. The van der Waals surface area contributed by atoms with Gasteiger partial charge in [0.25, 0.3) is 0 Å². The van der Waals surface area contributed by atoms with E-state index in [9.17, 15) is 0 Å². The number of rotatable bonds is 10. The fraction of sp³-hybridized carbons (Fsp3) is 0.220. The van der Waals surface area contributed by atoms with Crippen LogP contribution in [0.3, 0.4) is 0 Å². The summed E-state index contributed by atoms with van der Waals surface area (Å²) < 4.78 is 31.4. The number of aliphatic imine (C=N–C) groups is 2. The van der Waals surface area contributed by atoms with Gasteiger partial charge in [-0.15, -0.1) is 0 Å². The van der Waals surface area contributed by atoms with Crippen LogP contribution in [0, 0.1) is 0 Å². The van der Waals surface area contributed by atoms with Crippen LogP contribution in [0.4, 0.5) is 11.4 Å². The first-order valence-electron chi connectivity index (χ1n) is 16.6. The highest BCUT2D eigenvalue weighted by Crippen LogP contribution is 2.35. The van der Waals surface area contributed by atoms with E-state index < -0.39 is 0 Å². The zero-order valence-corrected chi connectivity index (χ0v) is 30.4. The first kappa shape index (κ1) is 34.7. The van der Waals surface area contributed by atoms with Crippen molar-refractivity contribution in [2.45, 2.75) is 19.3 Å². The molecule has 2 aromatic heterocycles. The molecule has 0 atom stereocenters. The monoisotopic (exact) mass is 684 g/mol. The topological polar surface area (TPSA) is 79.3 Å². The van der Waals surface area contributed by atoms with E-state index in [1.165, 1.54) is 11.1 Å². The van der Waals surface area contributed by atoms with Gasteiger partial charge in [0.05, 0.1) is 53.8 Å². The summed E-state index contributed by atoms with van der Waals surface area (Å²) in [7, 11) is 11.1. The Kier molecular flexibility index (Phi) is 10.0. The van der Waals surface area contributed by atoms with Gasteiger partial charge >= 0.3 is 23.4 Å². The van der Waals surface area contributed by atoms with E-state index in [-0.39, 0.29) is 5.41 Å². The highest BCUT2D eigenvalue weighted by Gasteiger charge is 2.24. The molecule has 0 aliphatic carbocycles. The zero-order chi connectivity index (χ0) is 36.1. The molecule has 51 heavy (non-hydrogen) atoms. The molecule has 0 fully saturated rings. The summed E-state index contributed by atoms with van der Waals surface area (Å²) in [5, 5.41) is 0. The lowest BCUT2D eigenvalue weighted by molar-refractivity contribution is -0.672. The summed E-state index contributed by atoms with van der Waals surface area (Å²) in [6.07, 6.45) is 7.84. The molecule has 0 spiro atoms. The number of ether oxygens (including phenoxy) is 4. The van der Waals surface area contributed by atoms with Gasteiger partial charge in [0.15, 0.2) is 0 Å². The van der Waals surface area contributed by atoms with Crippen LogP contribution in [-0.2, 0) is 43.1 Å². The molecule has 0 saturated heterocycles. The fourth-order valence-electron chi connectivity index (χ4n) is 5.89. The van der Waals surface area contributed by atoms with Gasteiger partial charge in [-0.25, -0.2) is 28.3 Å². The first-order valence-corrected chi connectivity index (χ1v) is 16.6. The normalized spacial score (nSPS) is 12.2. The molecular weight excluding hydrogens is 640 g/mol. The highest BCUT2D eigenvalue weighted by atomic mass is 16.5. The van der Waals surface area contributed by atoms with Crippen molar-refractivity contribution < 1.29 is 28.1 Å². The van der Waals surface area contributed by atoms with Crippen molar-refractivity contribution in [2.24, 2.45) is 38.2 Å². The van der Waals surface area contributed by atoms with Crippen molar-refractivity contribution in [3.8, 4) is 23.0 Å². The van der Waals surface area contributed by atoms with Crippen LogP contribution < -0.4 is 18.6 Å². The van der Waals surface area contributed by atoms with Gasteiger partial charge in [0, 0.05) is 5.41 Å². The number of aromatic nitrogens is 4. The van der Waals surface area contributed by atoms with Crippen LogP contribution in [0.1, 0.15) is 36.6 Å². The molecule has 0 amide bonds. The maximum atomic E-state index is 6.16. The van der Waals surface area contributed by atoms with Crippen molar-refractivity contribution in [2.75, 3.05) is 14.2 Å². The number of hydrogen-bond donors (Lipinski definition) is 0. The predicted molar refractivity (Wildman–Crippen MR) is 198 cm³/mol. The van der Waals surface area contributed by atoms with Crippen LogP contribution in [0.15, 0.2) is 132 Å². The van der Waals surface area contributed by atoms with Gasteiger partial charge < -0.3 is 18.9 Å². The molecule has 10 nitrogen and oxygen atoms in total. The Morgan fingerprint density at radius 2 is 0.843 bits per heavy atom. The van der Waals surface area contributed by atoms with Crippen LogP contribution in [-0.4, -0.2) is 35.1 Å². The van der Waals surface area contributed by atoms with Crippen LogP contribution >= 0.6 is 0 Å². The maximum absolute atomic E-state index is 6.16. The average Bonchev–Trinajstić information content (AvgIpc) is 3.66. The van der Waals surface area contributed by atoms with Gasteiger partial charge in [-0.3, -0.25) is 0 Å². The third-order valence-corrected chi connectivity index (χ3v) is 8.89. The van der Waals surface area contributed by atoms with Crippen LogP contribution in [0.5, 0.6) is 23.0 Å². The predicted octanol–water partition coefficient (Wildman–Crippen LogP) is 7.37. The van der Waals surface area contributed by atoms with Crippen LogP contribution in [0.2, 0.25) is 0 Å². The molecule has 4 aromatic carbocycles. The van der Waals surface area contributed by atoms with E-state index in [1.54, 1.807) is 14.2 Å². The lowest BCUT2D eigenvalue weighted by Crippen LogP contribution is -2.35. The van der Waals surface area contributed by atoms with Gasteiger partial charge in [0.1, 0.15) is 47.8 Å². The van der Waals surface area contributed by atoms with Gasteiger partial charge in [-0.2, -0.15) is 0 Å². The Morgan fingerprint density at radius 3 is 1.12 bits per heavy atom. The molecule has 0 bridgehead atoms. The SMILES string of the molecule is COC(=Nc1ccc(Oc2ccc(C(C)(C)c3ccc(Oc4ccc(N=C(OC)c5n(C)cc[n+]5C)cc4)cc3)cc2)cc1)c1n(C)cc[n+]1C. The maximum Gasteiger partial charge on any atom is 0.344 e. The van der Waals surface area contributed by atoms with Crippen molar-refractivity contribution in [1.82, 2.24) is 9.13 Å². The molecule has 0 saturated carbocycles. The van der Waals surface area contributed by atoms with Gasteiger partial charge in [-0.05, 0) is 83.9 Å². The van der Waals surface area contributed by atoms with Gasteiger partial charge in [-0.1, -0.05) is 38.1 Å². The minimum atomic E-state index is -0.238. The Balaban J connectivity index is 1.08. The van der Waals surface area contributed by atoms with E-state index in [4.69, 9.17) is 18.9 Å². The Morgan fingerprint density at radius 1 is 0.529 bits per heavy atom. The molecular formula is C41H44N6O4+2. The molecule has 260 valence electrons. The third-order valence-electron chi connectivity index (χ3n) is 8.89. The van der Waals surface area contributed by atoms with Crippen LogP contribution in [0.25, 0.3) is 0 Å². The first-order chi connectivity index (χ1) is 24.5. The smallest absolute Gasteiger partial charge is 0.344 e. The summed E-state index contributed by atoms with van der Waals surface area (Å²) in [5.74, 6) is 5.77. The quantitative estimate of drug-likeness (QED) is 0.0858. The van der Waals surface area contributed by atoms with E-state index in [0.29, 0.717) is 11.8 Å².